The Morgan fingerprint density at radius 3 is 2.66 bits per heavy atom. The van der Waals surface area contributed by atoms with Crippen LogP contribution < -0.4 is 9.46 Å². The first-order valence-electron chi connectivity index (χ1n) is 9.50. The van der Waals surface area contributed by atoms with Crippen molar-refractivity contribution in [1.82, 2.24) is 9.88 Å². The largest absolute Gasteiger partial charge is 0.474 e. The van der Waals surface area contributed by atoms with E-state index in [9.17, 15) is 17.6 Å². The fraction of sp³-hybridized carbons (Fsp3) is 0.400. The van der Waals surface area contributed by atoms with E-state index in [4.69, 9.17) is 4.74 Å². The van der Waals surface area contributed by atoms with Gasteiger partial charge < -0.3 is 9.64 Å². The lowest BCUT2D eigenvalue weighted by atomic mass is 10.1. The minimum Gasteiger partial charge on any atom is -0.474 e. The van der Waals surface area contributed by atoms with E-state index >= 15 is 0 Å². The van der Waals surface area contributed by atoms with Crippen LogP contribution in [0.4, 0.5) is 10.1 Å². The van der Waals surface area contributed by atoms with Crippen LogP contribution in [0, 0.1) is 5.82 Å². The van der Waals surface area contributed by atoms with Crippen molar-refractivity contribution in [2.75, 3.05) is 23.6 Å². The Bertz CT molecular complexity index is 942. The molecule has 0 radical (unpaired) electrons. The van der Waals surface area contributed by atoms with E-state index in [1.165, 1.54) is 18.3 Å². The van der Waals surface area contributed by atoms with Gasteiger partial charge in [0.05, 0.1) is 24.1 Å². The number of pyridine rings is 1. The number of nitrogens with one attached hydrogen (secondary N) is 1. The lowest BCUT2D eigenvalue weighted by molar-refractivity contribution is -0.132. The molecule has 1 N–H and O–H groups in total. The summed E-state index contributed by atoms with van der Waals surface area (Å²) in [4.78, 5) is 18.3. The fourth-order valence-corrected chi connectivity index (χ4v) is 3.71. The molecule has 0 bridgehead atoms. The normalized spacial score (nSPS) is 15.2. The molecule has 1 saturated heterocycles. The number of nitrogens with zero attached hydrogens (tertiary/aromatic N) is 2. The summed E-state index contributed by atoms with van der Waals surface area (Å²) in [6.07, 6.45) is 2.86. The molecule has 156 valence electrons. The summed E-state index contributed by atoms with van der Waals surface area (Å²) >= 11 is 0. The summed E-state index contributed by atoms with van der Waals surface area (Å²) in [5.74, 6) is 0.0269. The topological polar surface area (TPSA) is 88.6 Å². The Balaban J connectivity index is 1.47. The Kier molecular flexibility index (Phi) is 6.68. The van der Waals surface area contributed by atoms with Gasteiger partial charge in [-0.1, -0.05) is 12.1 Å². The number of hydrogen-bond acceptors (Lipinski definition) is 5. The van der Waals surface area contributed by atoms with Gasteiger partial charge in [0, 0.05) is 32.0 Å². The lowest BCUT2D eigenvalue weighted by Crippen LogP contribution is -2.42. The number of sulfonamides is 1. The van der Waals surface area contributed by atoms with Crippen LogP contribution in [0.3, 0.4) is 0 Å². The maximum absolute atomic E-state index is 13.3. The van der Waals surface area contributed by atoms with Gasteiger partial charge in [-0.25, -0.2) is 17.8 Å². The molecule has 0 atom stereocenters. The van der Waals surface area contributed by atoms with E-state index < -0.39 is 10.0 Å². The molecule has 7 nitrogen and oxygen atoms in total. The van der Waals surface area contributed by atoms with Gasteiger partial charge in [-0.05, 0) is 30.7 Å². The van der Waals surface area contributed by atoms with Crippen LogP contribution in [-0.2, 0) is 21.2 Å². The Morgan fingerprint density at radius 2 is 2.03 bits per heavy atom. The van der Waals surface area contributed by atoms with Crippen LogP contribution in [0.25, 0.3) is 0 Å². The minimum absolute atomic E-state index is 0.0121. The number of amides is 1. The van der Waals surface area contributed by atoms with Crippen molar-refractivity contribution in [3.05, 3.63) is 54.0 Å². The molecule has 1 aromatic carbocycles. The highest BCUT2D eigenvalue weighted by Gasteiger charge is 2.24. The van der Waals surface area contributed by atoms with Gasteiger partial charge in [0.1, 0.15) is 11.9 Å². The summed E-state index contributed by atoms with van der Waals surface area (Å²) in [5.41, 5.74) is 1.05. The summed E-state index contributed by atoms with van der Waals surface area (Å²) in [6, 6.07) is 9.30. The number of rotatable bonds is 7. The molecule has 0 aliphatic carbocycles. The zero-order valence-corrected chi connectivity index (χ0v) is 17.0. The zero-order valence-electron chi connectivity index (χ0n) is 16.2. The molecule has 2 heterocycles. The zero-order chi connectivity index (χ0) is 20.9. The van der Waals surface area contributed by atoms with Crippen molar-refractivity contribution in [2.45, 2.75) is 32.3 Å². The molecule has 1 amide bonds. The molecule has 0 spiro atoms. The number of carbonyl (C=O) groups is 1. The maximum atomic E-state index is 13.3. The van der Waals surface area contributed by atoms with Gasteiger partial charge in [0.25, 0.3) is 0 Å². The summed E-state index contributed by atoms with van der Waals surface area (Å²) < 4.78 is 44.7. The number of benzene rings is 1. The number of aromatic nitrogens is 1. The molecular formula is C20H24FN3O4S. The average Bonchev–Trinajstić information content (AvgIpc) is 2.70. The van der Waals surface area contributed by atoms with Gasteiger partial charge in [-0.15, -0.1) is 0 Å². The van der Waals surface area contributed by atoms with Crippen molar-refractivity contribution in [3.63, 3.8) is 0 Å². The van der Waals surface area contributed by atoms with E-state index in [0.29, 0.717) is 43.1 Å². The van der Waals surface area contributed by atoms with Crippen LogP contribution >= 0.6 is 0 Å². The van der Waals surface area contributed by atoms with Crippen LogP contribution in [0.15, 0.2) is 42.6 Å². The molecule has 2 aromatic rings. The van der Waals surface area contributed by atoms with Crippen LogP contribution in [0.5, 0.6) is 5.88 Å². The third-order valence-corrected chi connectivity index (χ3v) is 6.02. The maximum Gasteiger partial charge on any atom is 0.232 e. The Hall–Kier alpha value is -2.68. The lowest BCUT2D eigenvalue weighted by Gasteiger charge is -2.32. The average molecular weight is 421 g/mol. The predicted molar refractivity (Wildman–Crippen MR) is 108 cm³/mol. The van der Waals surface area contributed by atoms with Gasteiger partial charge in [0.15, 0.2) is 0 Å². The second kappa shape index (κ2) is 9.21. The van der Waals surface area contributed by atoms with Gasteiger partial charge in [-0.3, -0.25) is 9.52 Å². The van der Waals surface area contributed by atoms with E-state index in [-0.39, 0.29) is 30.0 Å². The number of piperidine rings is 1. The van der Waals surface area contributed by atoms with Gasteiger partial charge in [0.2, 0.25) is 21.8 Å². The summed E-state index contributed by atoms with van der Waals surface area (Å²) in [7, 11) is -3.34. The molecule has 0 saturated carbocycles. The molecule has 9 heteroatoms. The monoisotopic (exact) mass is 421 g/mol. The molecule has 1 fully saturated rings. The highest BCUT2D eigenvalue weighted by Crippen LogP contribution is 2.20. The second-order valence-electron chi connectivity index (χ2n) is 6.90. The third-order valence-electron chi connectivity index (χ3n) is 4.72. The second-order valence-corrected chi connectivity index (χ2v) is 8.91. The van der Waals surface area contributed by atoms with E-state index in [1.807, 2.05) is 0 Å². The first kappa shape index (κ1) is 21.0. The van der Waals surface area contributed by atoms with Crippen LogP contribution in [0.1, 0.15) is 25.3 Å². The van der Waals surface area contributed by atoms with Crippen LogP contribution in [0.2, 0.25) is 0 Å². The first-order chi connectivity index (χ1) is 13.8. The van der Waals surface area contributed by atoms with E-state index in [1.54, 1.807) is 36.1 Å². The molecule has 1 aromatic heterocycles. The van der Waals surface area contributed by atoms with Crippen molar-refractivity contribution in [2.24, 2.45) is 0 Å². The molecular weight excluding hydrogens is 397 g/mol. The fourth-order valence-electron chi connectivity index (χ4n) is 3.09. The smallest absolute Gasteiger partial charge is 0.232 e. The number of carbonyl (C=O) groups excluding carboxylic acids is 1. The highest BCUT2D eigenvalue weighted by atomic mass is 32.2. The molecule has 3 rings (SSSR count). The van der Waals surface area contributed by atoms with Gasteiger partial charge >= 0.3 is 0 Å². The third kappa shape index (κ3) is 6.15. The number of likely N-dealkylation sites (tertiary alicyclic amines) is 1. The number of ether oxygens (including phenoxy) is 1. The van der Waals surface area contributed by atoms with Crippen molar-refractivity contribution < 1.29 is 22.3 Å². The molecule has 29 heavy (non-hydrogen) atoms. The van der Waals surface area contributed by atoms with Gasteiger partial charge in [-0.2, -0.15) is 0 Å². The molecule has 0 unspecified atom stereocenters. The van der Waals surface area contributed by atoms with E-state index in [0.717, 1.165) is 0 Å². The number of halogens is 1. The first-order valence-corrected chi connectivity index (χ1v) is 11.2. The highest BCUT2D eigenvalue weighted by molar-refractivity contribution is 7.92. The Morgan fingerprint density at radius 1 is 1.28 bits per heavy atom. The van der Waals surface area contributed by atoms with Crippen molar-refractivity contribution >= 4 is 21.6 Å². The predicted octanol–water partition coefficient (Wildman–Crippen LogP) is 2.59. The number of hydrogen-bond donors (Lipinski definition) is 1. The van der Waals surface area contributed by atoms with Crippen LogP contribution in [-0.4, -0.2) is 49.2 Å². The van der Waals surface area contributed by atoms with Crippen molar-refractivity contribution in [3.8, 4) is 5.88 Å². The SMILES string of the molecule is CCS(=O)(=O)Nc1ccc(OC2CCN(C(=O)Cc3cccc(F)c3)CC2)nc1. The summed E-state index contributed by atoms with van der Waals surface area (Å²) in [5, 5.41) is 0. The quantitative estimate of drug-likeness (QED) is 0.742. The molecule has 1 aliphatic heterocycles. The summed E-state index contributed by atoms with van der Waals surface area (Å²) in [6.45, 7) is 2.68. The molecule has 1 aliphatic rings. The Labute approximate surface area is 169 Å². The number of anilines is 1. The van der Waals surface area contributed by atoms with E-state index in [2.05, 4.69) is 9.71 Å². The standard InChI is InChI=1S/C20H24FN3O4S/c1-2-29(26,27)23-17-6-7-19(22-14-17)28-18-8-10-24(11-9-18)20(25)13-15-4-3-5-16(21)12-15/h3-7,12,14,18,23H,2,8-11,13H2,1H3. The van der Waals surface area contributed by atoms with Crippen molar-refractivity contribution in [1.29, 1.82) is 0 Å². The minimum atomic E-state index is -3.34.